The van der Waals surface area contributed by atoms with Gasteiger partial charge in [-0.25, -0.2) is 4.98 Å². The third-order valence-corrected chi connectivity index (χ3v) is 7.86. The lowest BCUT2D eigenvalue weighted by atomic mass is 9.90. The summed E-state index contributed by atoms with van der Waals surface area (Å²) in [5, 5.41) is 9.19. The molecule has 2 atom stereocenters. The minimum absolute atomic E-state index is 0.0790. The molecule has 1 amide bonds. The van der Waals surface area contributed by atoms with Crippen LogP contribution < -0.4 is 10.7 Å². The number of nitrogens with one attached hydrogen (secondary N) is 2. The first kappa shape index (κ1) is 21.3. The normalized spacial score (nSPS) is 23.0. The van der Waals surface area contributed by atoms with E-state index < -0.39 is 0 Å². The van der Waals surface area contributed by atoms with E-state index in [0.717, 1.165) is 63.4 Å². The first-order chi connectivity index (χ1) is 15.5. The van der Waals surface area contributed by atoms with Crippen molar-refractivity contribution in [3.63, 3.8) is 0 Å². The van der Waals surface area contributed by atoms with Gasteiger partial charge in [0.25, 0.3) is 5.91 Å². The summed E-state index contributed by atoms with van der Waals surface area (Å²) in [5.74, 6) is 0.406. The Balaban J connectivity index is 1.44. The Kier molecular flexibility index (Phi) is 5.84. The molecule has 32 heavy (non-hydrogen) atoms. The second-order valence-corrected chi connectivity index (χ2v) is 9.96. The number of likely N-dealkylation sites (tertiary alicyclic amines) is 1. The van der Waals surface area contributed by atoms with Crippen LogP contribution in [0.4, 0.5) is 0 Å². The zero-order chi connectivity index (χ0) is 22.2. The van der Waals surface area contributed by atoms with Crippen LogP contribution in [0.25, 0.3) is 10.4 Å². The zero-order valence-corrected chi connectivity index (χ0v) is 19.6. The van der Waals surface area contributed by atoms with Crippen molar-refractivity contribution in [2.75, 3.05) is 26.7 Å². The molecule has 4 heterocycles. The topological polar surface area (TPSA) is 82.5 Å². The lowest BCUT2D eigenvalue weighted by molar-refractivity contribution is 0.0944. The third kappa shape index (κ3) is 3.98. The Morgan fingerprint density at radius 2 is 2.31 bits per heavy atom. The lowest BCUT2D eigenvalue weighted by Crippen LogP contribution is -2.31. The first-order valence-corrected chi connectivity index (χ1v) is 12.0. The second kappa shape index (κ2) is 8.77. The number of amides is 1. The van der Waals surface area contributed by atoms with Crippen LogP contribution in [0.5, 0.6) is 0 Å². The molecule has 0 aromatic carbocycles. The van der Waals surface area contributed by atoms with Crippen LogP contribution in [0.1, 0.15) is 35.3 Å². The van der Waals surface area contributed by atoms with E-state index in [1.165, 1.54) is 11.3 Å². The molecule has 0 saturated carbocycles. The molecule has 7 nitrogen and oxygen atoms in total. The van der Waals surface area contributed by atoms with Crippen molar-refractivity contribution >= 4 is 34.6 Å². The maximum atomic E-state index is 13.2. The van der Waals surface area contributed by atoms with Gasteiger partial charge in [-0.3, -0.25) is 15.2 Å². The number of halogens is 1. The van der Waals surface area contributed by atoms with Crippen molar-refractivity contribution in [1.82, 2.24) is 25.6 Å². The van der Waals surface area contributed by atoms with Gasteiger partial charge in [-0.2, -0.15) is 5.10 Å². The van der Waals surface area contributed by atoms with Gasteiger partial charge in [0, 0.05) is 41.8 Å². The van der Waals surface area contributed by atoms with Crippen LogP contribution >= 0.6 is 22.9 Å². The number of thiazole rings is 1. The third-order valence-electron chi connectivity index (χ3n) is 6.30. The second-order valence-electron chi connectivity index (χ2n) is 8.55. The van der Waals surface area contributed by atoms with E-state index in [9.17, 15) is 4.79 Å². The van der Waals surface area contributed by atoms with Crippen molar-refractivity contribution < 1.29 is 4.79 Å². The number of hydrogen-bond donors (Lipinski definition) is 2. The molecule has 2 aliphatic heterocycles. The maximum Gasteiger partial charge on any atom is 0.271 e. The van der Waals surface area contributed by atoms with Gasteiger partial charge in [-0.05, 0) is 50.9 Å². The fourth-order valence-corrected chi connectivity index (χ4v) is 5.76. The van der Waals surface area contributed by atoms with Crippen molar-refractivity contribution in [2.45, 2.75) is 19.8 Å². The van der Waals surface area contributed by atoms with E-state index in [0.29, 0.717) is 18.2 Å². The van der Waals surface area contributed by atoms with E-state index in [4.69, 9.17) is 16.6 Å². The van der Waals surface area contributed by atoms with Gasteiger partial charge >= 0.3 is 0 Å². The summed E-state index contributed by atoms with van der Waals surface area (Å²) in [6.45, 7) is 4.73. The van der Waals surface area contributed by atoms with Gasteiger partial charge in [0.1, 0.15) is 16.4 Å². The van der Waals surface area contributed by atoms with Gasteiger partial charge in [-0.15, -0.1) is 11.3 Å². The number of aromatic nitrogens is 2. The Bertz CT molecular complexity index is 1140. The number of hydrazone groups is 1. The molecule has 1 aliphatic carbocycles. The van der Waals surface area contributed by atoms with Crippen LogP contribution in [0.2, 0.25) is 0 Å². The summed E-state index contributed by atoms with van der Waals surface area (Å²) in [6, 6.07) is 3.83. The van der Waals surface area contributed by atoms with Gasteiger partial charge < -0.3 is 10.2 Å². The summed E-state index contributed by atoms with van der Waals surface area (Å²) in [5.41, 5.74) is 7.33. The van der Waals surface area contributed by atoms with Crippen molar-refractivity contribution in [3.8, 4) is 10.4 Å². The van der Waals surface area contributed by atoms with Gasteiger partial charge in [0.2, 0.25) is 0 Å². The highest BCUT2D eigenvalue weighted by molar-refractivity contribution is 7.17. The maximum absolute atomic E-state index is 13.2. The number of fused-ring (bicyclic) bond motifs is 1. The predicted octanol–water partition coefficient (Wildman–Crippen LogP) is 3.61. The molecular formula is C23H25ClN6OS. The molecule has 166 valence electrons. The molecular weight excluding hydrogens is 444 g/mol. The Hall–Kier alpha value is -2.55. The summed E-state index contributed by atoms with van der Waals surface area (Å²) in [6.07, 6.45) is 7.38. The first-order valence-electron chi connectivity index (χ1n) is 10.8. The van der Waals surface area contributed by atoms with E-state index in [2.05, 4.69) is 32.8 Å². The molecule has 0 radical (unpaired) electrons. The molecule has 1 saturated heterocycles. The smallest absolute Gasteiger partial charge is 0.271 e. The van der Waals surface area contributed by atoms with Crippen LogP contribution in [0.3, 0.4) is 0 Å². The highest BCUT2D eigenvalue weighted by Gasteiger charge is 2.34. The van der Waals surface area contributed by atoms with E-state index in [1.54, 1.807) is 12.4 Å². The summed E-state index contributed by atoms with van der Waals surface area (Å²) in [4.78, 5) is 25.3. The van der Waals surface area contributed by atoms with E-state index in [-0.39, 0.29) is 11.8 Å². The molecule has 1 fully saturated rings. The number of hydrogen-bond acceptors (Lipinski definition) is 7. The molecule has 5 rings (SSSR count). The molecule has 0 spiro atoms. The van der Waals surface area contributed by atoms with Crippen molar-refractivity contribution in [3.05, 3.63) is 57.6 Å². The SMILES string of the molecule is CC1=C2NN=C(c3nc(C(=O)NCC4CCN(C)C4)c(-c4cccnc4)s3)C2CC=C1Cl. The summed E-state index contributed by atoms with van der Waals surface area (Å²) >= 11 is 7.80. The highest BCUT2D eigenvalue weighted by Crippen LogP contribution is 2.38. The molecule has 9 heteroatoms. The van der Waals surface area contributed by atoms with Crippen LogP contribution in [-0.4, -0.2) is 53.2 Å². The fraction of sp³-hybridized carbons (Fsp3) is 0.391. The molecule has 0 bridgehead atoms. The number of nitrogens with zero attached hydrogens (tertiary/aromatic N) is 4. The number of carbonyl (C=O) groups excluding carboxylic acids is 1. The minimum atomic E-state index is -0.147. The van der Waals surface area contributed by atoms with Gasteiger partial charge in [-0.1, -0.05) is 23.7 Å². The number of pyridine rings is 1. The van der Waals surface area contributed by atoms with Crippen LogP contribution in [0, 0.1) is 11.8 Å². The number of carbonyl (C=O) groups is 1. The Morgan fingerprint density at radius 3 is 3.06 bits per heavy atom. The van der Waals surface area contributed by atoms with E-state index >= 15 is 0 Å². The summed E-state index contributed by atoms with van der Waals surface area (Å²) < 4.78 is 0. The predicted molar refractivity (Wildman–Crippen MR) is 128 cm³/mol. The molecule has 2 N–H and O–H groups in total. The Labute approximate surface area is 196 Å². The highest BCUT2D eigenvalue weighted by atomic mass is 35.5. The standard InChI is InChI=1S/C23H25ClN6OS/c1-13-17(24)6-5-16-18(13)28-29-19(16)23-27-20(21(32-23)15-4-3-8-25-11-15)22(31)26-10-14-7-9-30(2)12-14/h3-4,6,8,11,14,16,28H,5,7,9-10,12H2,1-2H3,(H,26,31). The quantitative estimate of drug-likeness (QED) is 0.700. The molecule has 2 aromatic rings. The summed E-state index contributed by atoms with van der Waals surface area (Å²) in [7, 11) is 2.11. The average Bonchev–Trinajstić information content (AvgIpc) is 3.53. The molecule has 3 aliphatic rings. The monoisotopic (exact) mass is 468 g/mol. The number of rotatable bonds is 5. The molecule has 2 aromatic heterocycles. The minimum Gasteiger partial charge on any atom is -0.350 e. The Morgan fingerprint density at radius 1 is 1.44 bits per heavy atom. The number of allylic oxidation sites excluding steroid dienone is 4. The van der Waals surface area contributed by atoms with E-state index in [1.807, 2.05) is 25.1 Å². The lowest BCUT2D eigenvalue weighted by Gasteiger charge is -2.18. The molecule has 2 unspecified atom stereocenters. The van der Waals surface area contributed by atoms with Crippen LogP contribution in [-0.2, 0) is 0 Å². The van der Waals surface area contributed by atoms with Crippen LogP contribution in [0.15, 0.2) is 52.0 Å². The van der Waals surface area contributed by atoms with Gasteiger partial charge in [0.05, 0.1) is 10.8 Å². The fourth-order valence-electron chi connectivity index (χ4n) is 4.48. The van der Waals surface area contributed by atoms with Gasteiger partial charge in [0.15, 0.2) is 0 Å². The van der Waals surface area contributed by atoms with Crippen molar-refractivity contribution in [2.24, 2.45) is 16.9 Å². The zero-order valence-electron chi connectivity index (χ0n) is 18.1. The largest absolute Gasteiger partial charge is 0.350 e. The van der Waals surface area contributed by atoms with Crippen molar-refractivity contribution in [1.29, 1.82) is 0 Å². The average molecular weight is 469 g/mol.